The Hall–Kier alpha value is -1.20. The standard InChI is InChI=1S/C17H26N2O2S/c1-14(2)21-16-8-6-15(7-9-16)17(20)18-22-13-5-12-19-10-3-4-11-19/h6-9,14H,3-5,10-13H2,1-2H3,(H,18,20). The van der Waals surface area contributed by atoms with Crippen molar-refractivity contribution in [2.75, 3.05) is 25.4 Å². The lowest BCUT2D eigenvalue weighted by atomic mass is 10.2. The van der Waals surface area contributed by atoms with Crippen LogP contribution in [-0.2, 0) is 0 Å². The Morgan fingerprint density at radius 3 is 2.59 bits per heavy atom. The molecule has 0 radical (unpaired) electrons. The summed E-state index contributed by atoms with van der Waals surface area (Å²) in [4.78, 5) is 14.5. The van der Waals surface area contributed by atoms with E-state index in [9.17, 15) is 4.79 Å². The minimum absolute atomic E-state index is 0.0396. The smallest absolute Gasteiger partial charge is 0.261 e. The molecule has 1 amide bonds. The molecule has 1 aliphatic rings. The lowest BCUT2D eigenvalue weighted by Crippen LogP contribution is -2.22. The van der Waals surface area contributed by atoms with Crippen LogP contribution in [0.5, 0.6) is 5.75 Å². The molecule has 1 N–H and O–H groups in total. The summed E-state index contributed by atoms with van der Waals surface area (Å²) in [5, 5.41) is 0. The van der Waals surface area contributed by atoms with Crippen molar-refractivity contribution >= 4 is 17.9 Å². The molecule has 2 rings (SSSR count). The van der Waals surface area contributed by atoms with E-state index in [1.165, 1.54) is 37.9 Å². The van der Waals surface area contributed by atoms with E-state index in [1.807, 2.05) is 26.0 Å². The number of carbonyl (C=O) groups excluding carboxylic acids is 1. The number of ether oxygens (including phenoxy) is 1. The van der Waals surface area contributed by atoms with E-state index in [2.05, 4.69) is 9.62 Å². The largest absolute Gasteiger partial charge is 0.491 e. The maximum Gasteiger partial charge on any atom is 0.261 e. The van der Waals surface area contributed by atoms with E-state index in [4.69, 9.17) is 4.74 Å². The molecule has 1 saturated heterocycles. The fraction of sp³-hybridized carbons (Fsp3) is 0.588. The molecule has 0 bridgehead atoms. The average Bonchev–Trinajstić information content (AvgIpc) is 3.00. The summed E-state index contributed by atoms with van der Waals surface area (Å²) in [7, 11) is 0. The van der Waals surface area contributed by atoms with Gasteiger partial charge in [0.2, 0.25) is 0 Å². The molecular formula is C17H26N2O2S. The Balaban J connectivity index is 1.63. The summed E-state index contributed by atoms with van der Waals surface area (Å²) in [5.74, 6) is 1.71. The summed E-state index contributed by atoms with van der Waals surface area (Å²) < 4.78 is 8.47. The highest BCUT2D eigenvalue weighted by molar-refractivity contribution is 7.97. The van der Waals surface area contributed by atoms with Crippen molar-refractivity contribution in [3.8, 4) is 5.75 Å². The Labute approximate surface area is 137 Å². The highest BCUT2D eigenvalue weighted by atomic mass is 32.2. The molecule has 4 nitrogen and oxygen atoms in total. The van der Waals surface area contributed by atoms with Gasteiger partial charge >= 0.3 is 0 Å². The lowest BCUT2D eigenvalue weighted by Gasteiger charge is -2.13. The van der Waals surface area contributed by atoms with Crippen LogP contribution >= 0.6 is 11.9 Å². The number of nitrogens with zero attached hydrogens (tertiary/aromatic N) is 1. The van der Waals surface area contributed by atoms with Crippen molar-refractivity contribution in [1.29, 1.82) is 0 Å². The van der Waals surface area contributed by atoms with Gasteiger partial charge in [0.1, 0.15) is 5.75 Å². The number of hydrogen-bond acceptors (Lipinski definition) is 4. The van der Waals surface area contributed by atoms with Crippen molar-refractivity contribution in [2.24, 2.45) is 0 Å². The fourth-order valence-electron chi connectivity index (χ4n) is 2.50. The van der Waals surface area contributed by atoms with Crippen LogP contribution in [-0.4, -0.2) is 42.3 Å². The number of likely N-dealkylation sites (tertiary alicyclic amines) is 1. The first-order chi connectivity index (χ1) is 10.6. The molecule has 1 aromatic carbocycles. The number of amides is 1. The van der Waals surface area contributed by atoms with Crippen LogP contribution in [0, 0.1) is 0 Å². The van der Waals surface area contributed by atoms with Gasteiger partial charge in [0.15, 0.2) is 0 Å². The molecule has 0 aromatic heterocycles. The molecule has 0 unspecified atom stereocenters. The Morgan fingerprint density at radius 2 is 1.95 bits per heavy atom. The zero-order valence-electron chi connectivity index (χ0n) is 13.5. The second-order valence-electron chi connectivity index (χ2n) is 5.87. The molecule has 1 aromatic rings. The third-order valence-corrected chi connectivity index (χ3v) is 4.40. The number of rotatable bonds is 8. The lowest BCUT2D eigenvalue weighted by molar-refractivity contribution is 0.0984. The third-order valence-electron chi connectivity index (χ3n) is 3.57. The fourth-order valence-corrected chi connectivity index (χ4v) is 3.12. The third kappa shape index (κ3) is 5.89. The van der Waals surface area contributed by atoms with Gasteiger partial charge < -0.3 is 9.64 Å². The van der Waals surface area contributed by atoms with E-state index >= 15 is 0 Å². The summed E-state index contributed by atoms with van der Waals surface area (Å²) in [6.45, 7) is 7.59. The minimum atomic E-state index is -0.0396. The maximum absolute atomic E-state index is 12.0. The molecule has 22 heavy (non-hydrogen) atoms. The Bertz CT molecular complexity index is 456. The minimum Gasteiger partial charge on any atom is -0.491 e. The van der Waals surface area contributed by atoms with E-state index in [0.29, 0.717) is 5.56 Å². The summed E-state index contributed by atoms with van der Waals surface area (Å²) in [6.07, 6.45) is 3.93. The highest BCUT2D eigenvalue weighted by Crippen LogP contribution is 2.14. The summed E-state index contributed by atoms with van der Waals surface area (Å²) in [6, 6.07) is 7.29. The summed E-state index contributed by atoms with van der Waals surface area (Å²) >= 11 is 1.50. The molecular weight excluding hydrogens is 296 g/mol. The van der Waals surface area contributed by atoms with Gasteiger partial charge in [-0.05, 0) is 77.0 Å². The van der Waals surface area contributed by atoms with Crippen molar-refractivity contribution in [3.63, 3.8) is 0 Å². The molecule has 0 saturated carbocycles. The van der Waals surface area contributed by atoms with Gasteiger partial charge in [0.25, 0.3) is 5.91 Å². The van der Waals surface area contributed by atoms with Crippen LogP contribution in [0.1, 0.15) is 43.5 Å². The molecule has 0 atom stereocenters. The quantitative estimate of drug-likeness (QED) is 0.589. The van der Waals surface area contributed by atoms with Gasteiger partial charge in [-0.1, -0.05) is 11.9 Å². The van der Waals surface area contributed by atoms with Gasteiger partial charge in [0.05, 0.1) is 6.10 Å². The average molecular weight is 322 g/mol. The summed E-state index contributed by atoms with van der Waals surface area (Å²) in [5.41, 5.74) is 0.670. The number of carbonyl (C=O) groups is 1. The van der Waals surface area contributed by atoms with Crippen molar-refractivity contribution in [1.82, 2.24) is 9.62 Å². The normalized spacial score (nSPS) is 15.2. The maximum atomic E-state index is 12.0. The van der Waals surface area contributed by atoms with Crippen molar-refractivity contribution in [2.45, 2.75) is 39.2 Å². The number of hydrogen-bond donors (Lipinski definition) is 1. The first-order valence-corrected chi connectivity index (χ1v) is 9.05. The zero-order valence-corrected chi connectivity index (χ0v) is 14.3. The second kappa shape index (κ2) is 9.06. The number of nitrogens with one attached hydrogen (secondary N) is 1. The van der Waals surface area contributed by atoms with Gasteiger partial charge in [-0.25, -0.2) is 0 Å². The topological polar surface area (TPSA) is 41.6 Å². The van der Waals surface area contributed by atoms with Crippen molar-refractivity contribution < 1.29 is 9.53 Å². The molecule has 122 valence electrons. The van der Waals surface area contributed by atoms with Gasteiger partial charge in [-0.15, -0.1) is 0 Å². The van der Waals surface area contributed by atoms with Crippen molar-refractivity contribution in [3.05, 3.63) is 29.8 Å². The SMILES string of the molecule is CC(C)Oc1ccc(C(=O)NSCCCN2CCCC2)cc1. The van der Waals surface area contributed by atoms with E-state index in [0.717, 1.165) is 24.5 Å². The van der Waals surface area contributed by atoms with Crippen LogP contribution in [0.25, 0.3) is 0 Å². The van der Waals surface area contributed by atoms with E-state index in [-0.39, 0.29) is 12.0 Å². The van der Waals surface area contributed by atoms with E-state index in [1.54, 1.807) is 12.1 Å². The van der Waals surface area contributed by atoms with Crippen LogP contribution in [0.3, 0.4) is 0 Å². The first kappa shape index (κ1) is 17.2. The highest BCUT2D eigenvalue weighted by Gasteiger charge is 2.10. The first-order valence-electron chi connectivity index (χ1n) is 8.06. The van der Waals surface area contributed by atoms with Crippen LogP contribution in [0.15, 0.2) is 24.3 Å². The zero-order chi connectivity index (χ0) is 15.8. The Kier molecular flexibility index (Phi) is 7.06. The molecule has 1 aliphatic heterocycles. The molecule has 5 heteroatoms. The van der Waals surface area contributed by atoms with Crippen LogP contribution in [0.2, 0.25) is 0 Å². The number of benzene rings is 1. The van der Waals surface area contributed by atoms with Gasteiger partial charge in [-0.2, -0.15) is 0 Å². The second-order valence-corrected chi connectivity index (χ2v) is 6.77. The molecule has 1 heterocycles. The van der Waals surface area contributed by atoms with E-state index < -0.39 is 0 Å². The molecule has 1 fully saturated rings. The monoisotopic (exact) mass is 322 g/mol. The Morgan fingerprint density at radius 1 is 1.27 bits per heavy atom. The predicted molar refractivity (Wildman–Crippen MR) is 92.4 cm³/mol. The van der Waals surface area contributed by atoms with Gasteiger partial charge in [0, 0.05) is 11.3 Å². The molecule has 0 spiro atoms. The molecule has 0 aliphatic carbocycles. The van der Waals surface area contributed by atoms with Crippen LogP contribution < -0.4 is 9.46 Å². The predicted octanol–water partition coefficient (Wildman–Crippen LogP) is 3.34. The van der Waals surface area contributed by atoms with Crippen LogP contribution in [0.4, 0.5) is 0 Å². The van der Waals surface area contributed by atoms with Gasteiger partial charge in [-0.3, -0.25) is 9.52 Å².